The van der Waals surface area contributed by atoms with Gasteiger partial charge in [0, 0.05) is 29.5 Å². The van der Waals surface area contributed by atoms with Crippen molar-refractivity contribution in [2.75, 3.05) is 17.4 Å². The van der Waals surface area contributed by atoms with Crippen LogP contribution in [0.25, 0.3) is 0 Å². The van der Waals surface area contributed by atoms with Crippen molar-refractivity contribution in [1.29, 1.82) is 0 Å². The molecule has 224 valence electrons. The third-order valence-electron chi connectivity index (χ3n) is 6.90. The van der Waals surface area contributed by atoms with Crippen LogP contribution in [-0.2, 0) is 32.6 Å². The van der Waals surface area contributed by atoms with E-state index in [1.165, 1.54) is 23.1 Å². The van der Waals surface area contributed by atoms with Gasteiger partial charge < -0.3 is 10.2 Å². The number of nitrogens with zero attached hydrogens (tertiary/aromatic N) is 2. The lowest BCUT2D eigenvalue weighted by molar-refractivity contribution is -0.140. The van der Waals surface area contributed by atoms with E-state index in [-0.39, 0.29) is 29.1 Å². The lowest BCUT2D eigenvalue weighted by atomic mass is 10.0. The fourth-order valence-corrected chi connectivity index (χ4v) is 6.45. The zero-order valence-electron chi connectivity index (χ0n) is 23.9. The molecule has 0 spiro atoms. The molecule has 0 fully saturated rings. The first kappa shape index (κ1) is 31.9. The first-order chi connectivity index (χ1) is 20.6. The first-order valence-electron chi connectivity index (χ1n) is 13.8. The van der Waals surface area contributed by atoms with Gasteiger partial charge in [-0.3, -0.25) is 13.9 Å². The van der Waals surface area contributed by atoms with E-state index in [1.54, 1.807) is 61.5 Å². The summed E-state index contributed by atoms with van der Waals surface area (Å²) >= 11 is 3.40. The Morgan fingerprint density at radius 3 is 2.23 bits per heavy atom. The predicted molar refractivity (Wildman–Crippen MR) is 169 cm³/mol. The highest BCUT2D eigenvalue weighted by Crippen LogP contribution is 2.27. The highest BCUT2D eigenvalue weighted by atomic mass is 79.9. The maximum atomic E-state index is 14.9. The molecule has 0 saturated heterocycles. The summed E-state index contributed by atoms with van der Waals surface area (Å²) in [6.45, 7) is 3.07. The molecule has 0 radical (unpaired) electrons. The van der Waals surface area contributed by atoms with Crippen LogP contribution < -0.4 is 9.62 Å². The number of carbonyl (C=O) groups is 2. The van der Waals surface area contributed by atoms with E-state index in [2.05, 4.69) is 21.2 Å². The minimum atomic E-state index is -4.22. The van der Waals surface area contributed by atoms with E-state index in [1.807, 2.05) is 37.3 Å². The van der Waals surface area contributed by atoms with Crippen molar-refractivity contribution in [2.24, 2.45) is 0 Å². The molecular formula is C33H33BrFN3O4S. The number of rotatable bonds is 12. The van der Waals surface area contributed by atoms with Gasteiger partial charge in [0.05, 0.1) is 10.6 Å². The van der Waals surface area contributed by atoms with Gasteiger partial charge in [-0.2, -0.15) is 0 Å². The van der Waals surface area contributed by atoms with Gasteiger partial charge in [-0.15, -0.1) is 0 Å². The number of aryl methyl sites for hydroxylation is 1. The number of anilines is 1. The third kappa shape index (κ3) is 8.09. The molecule has 43 heavy (non-hydrogen) atoms. The summed E-state index contributed by atoms with van der Waals surface area (Å²) in [4.78, 5) is 29.1. The van der Waals surface area contributed by atoms with E-state index in [4.69, 9.17) is 0 Å². The number of sulfonamides is 1. The number of hydrogen-bond donors (Lipinski definition) is 1. The van der Waals surface area contributed by atoms with Gasteiger partial charge in [-0.1, -0.05) is 88.2 Å². The Bertz CT molecular complexity index is 1670. The predicted octanol–water partition coefficient (Wildman–Crippen LogP) is 5.87. The second-order valence-electron chi connectivity index (χ2n) is 10.0. The minimum absolute atomic E-state index is 0.0103. The van der Waals surface area contributed by atoms with E-state index in [0.29, 0.717) is 11.0 Å². The smallest absolute Gasteiger partial charge is 0.264 e. The summed E-state index contributed by atoms with van der Waals surface area (Å²) in [5, 5.41) is 2.79. The molecule has 4 rings (SSSR count). The molecule has 4 aromatic rings. The standard InChI is InChI=1S/C33H33BrFN3O4S/c1-3-36-33(40)31(20-25-10-5-4-6-11-25)37(22-26-12-7-8-15-30(26)35)32(39)23-38(28-14-9-13-27(34)21-28)43(41,42)29-18-16-24(2)17-19-29/h4-19,21,31H,3,20,22-23H2,1-2H3,(H,36,40). The largest absolute Gasteiger partial charge is 0.355 e. The average Bonchev–Trinajstić information content (AvgIpc) is 2.99. The summed E-state index contributed by atoms with van der Waals surface area (Å²) in [6.07, 6.45) is 0.147. The van der Waals surface area contributed by atoms with Crippen molar-refractivity contribution in [1.82, 2.24) is 10.2 Å². The Kier molecular flexibility index (Phi) is 10.7. The van der Waals surface area contributed by atoms with E-state index < -0.39 is 40.2 Å². The van der Waals surface area contributed by atoms with Gasteiger partial charge in [0.1, 0.15) is 18.4 Å². The fourth-order valence-electron chi connectivity index (χ4n) is 4.65. The lowest BCUT2D eigenvalue weighted by Crippen LogP contribution is -2.53. The fraction of sp³-hybridized carbons (Fsp3) is 0.212. The van der Waals surface area contributed by atoms with Crippen LogP contribution in [0.15, 0.2) is 112 Å². The Morgan fingerprint density at radius 1 is 0.907 bits per heavy atom. The maximum absolute atomic E-state index is 14.9. The molecule has 0 heterocycles. The Hall–Kier alpha value is -4.02. The second kappa shape index (κ2) is 14.4. The van der Waals surface area contributed by atoms with Crippen LogP contribution in [0.3, 0.4) is 0 Å². The molecule has 0 aliphatic rings. The van der Waals surface area contributed by atoms with Crippen molar-refractivity contribution in [2.45, 2.75) is 37.8 Å². The Labute approximate surface area is 260 Å². The van der Waals surface area contributed by atoms with Crippen LogP contribution in [-0.4, -0.2) is 44.3 Å². The van der Waals surface area contributed by atoms with Crippen molar-refractivity contribution < 1.29 is 22.4 Å². The van der Waals surface area contributed by atoms with E-state index in [0.717, 1.165) is 15.4 Å². The van der Waals surface area contributed by atoms with Crippen molar-refractivity contribution >= 4 is 43.5 Å². The molecule has 1 N–H and O–H groups in total. The molecule has 0 saturated carbocycles. The monoisotopic (exact) mass is 665 g/mol. The van der Waals surface area contributed by atoms with Gasteiger partial charge in [0.2, 0.25) is 11.8 Å². The molecule has 0 aromatic heterocycles. The summed E-state index contributed by atoms with van der Waals surface area (Å²) in [5.74, 6) is -1.62. The zero-order valence-corrected chi connectivity index (χ0v) is 26.3. The number of benzene rings is 4. The topological polar surface area (TPSA) is 86.8 Å². The van der Waals surface area contributed by atoms with E-state index in [9.17, 15) is 22.4 Å². The highest BCUT2D eigenvalue weighted by molar-refractivity contribution is 9.10. The van der Waals surface area contributed by atoms with Crippen LogP contribution in [0.2, 0.25) is 0 Å². The molecule has 0 bridgehead atoms. The zero-order chi connectivity index (χ0) is 31.0. The van der Waals surface area contributed by atoms with Crippen LogP contribution in [0.1, 0.15) is 23.6 Å². The molecule has 1 unspecified atom stereocenters. The highest BCUT2D eigenvalue weighted by Gasteiger charge is 2.35. The summed E-state index contributed by atoms with van der Waals surface area (Å²) < 4.78 is 44.6. The second-order valence-corrected chi connectivity index (χ2v) is 12.8. The molecule has 4 aromatic carbocycles. The quantitative estimate of drug-likeness (QED) is 0.205. The molecular weight excluding hydrogens is 633 g/mol. The minimum Gasteiger partial charge on any atom is -0.355 e. The van der Waals surface area contributed by atoms with Crippen LogP contribution in [0, 0.1) is 12.7 Å². The summed E-state index contributed by atoms with van der Waals surface area (Å²) in [7, 11) is -4.22. The van der Waals surface area contributed by atoms with Crippen molar-refractivity contribution in [3.05, 3.63) is 130 Å². The van der Waals surface area contributed by atoms with Gasteiger partial charge in [0.15, 0.2) is 0 Å². The number of carbonyl (C=O) groups excluding carboxylic acids is 2. The molecule has 7 nitrogen and oxygen atoms in total. The molecule has 0 aliphatic heterocycles. The van der Waals surface area contributed by atoms with Gasteiger partial charge in [-0.25, -0.2) is 12.8 Å². The van der Waals surface area contributed by atoms with Crippen LogP contribution >= 0.6 is 15.9 Å². The first-order valence-corrected chi connectivity index (χ1v) is 16.0. The molecule has 0 aliphatic carbocycles. The SMILES string of the molecule is CCNC(=O)C(Cc1ccccc1)N(Cc1ccccc1F)C(=O)CN(c1cccc(Br)c1)S(=O)(=O)c1ccc(C)cc1. The summed E-state index contributed by atoms with van der Waals surface area (Å²) in [5.41, 5.74) is 2.13. The van der Waals surface area contributed by atoms with Crippen LogP contribution in [0.4, 0.5) is 10.1 Å². The molecule has 1 atom stereocenters. The normalized spacial score (nSPS) is 11.9. The van der Waals surface area contributed by atoms with Gasteiger partial charge >= 0.3 is 0 Å². The number of likely N-dealkylation sites (N-methyl/N-ethyl adjacent to an activating group) is 1. The van der Waals surface area contributed by atoms with Gasteiger partial charge in [0.25, 0.3) is 10.0 Å². The number of amides is 2. The van der Waals surface area contributed by atoms with E-state index >= 15 is 0 Å². The third-order valence-corrected chi connectivity index (χ3v) is 9.19. The molecule has 2 amide bonds. The Morgan fingerprint density at radius 2 is 1.58 bits per heavy atom. The number of nitrogens with one attached hydrogen (secondary N) is 1. The van der Waals surface area contributed by atoms with Crippen LogP contribution in [0.5, 0.6) is 0 Å². The van der Waals surface area contributed by atoms with Crippen molar-refractivity contribution in [3.63, 3.8) is 0 Å². The lowest BCUT2D eigenvalue weighted by Gasteiger charge is -2.34. The number of halogens is 2. The number of hydrogen-bond acceptors (Lipinski definition) is 4. The van der Waals surface area contributed by atoms with Crippen molar-refractivity contribution in [3.8, 4) is 0 Å². The molecule has 10 heteroatoms. The maximum Gasteiger partial charge on any atom is 0.264 e. The Balaban J connectivity index is 1.80. The summed E-state index contributed by atoms with van der Waals surface area (Å²) in [6, 6.07) is 27.1. The average molecular weight is 667 g/mol. The van der Waals surface area contributed by atoms with Gasteiger partial charge in [-0.05, 0) is 55.8 Å².